The molecule has 2 bridgehead atoms. The first-order valence-corrected chi connectivity index (χ1v) is 16.4. The van der Waals surface area contributed by atoms with Gasteiger partial charge in [0.1, 0.15) is 22.7 Å². The molecule has 2 N–H and O–H groups in total. The summed E-state index contributed by atoms with van der Waals surface area (Å²) < 4.78 is 12.7. The number of imidazole rings is 1. The Morgan fingerprint density at radius 1 is 1.12 bits per heavy atom. The summed E-state index contributed by atoms with van der Waals surface area (Å²) in [5.74, 6) is 4.39. The normalized spacial score (nSPS) is 25.7. The van der Waals surface area contributed by atoms with E-state index in [0.29, 0.717) is 23.3 Å². The maximum absolute atomic E-state index is 13.8. The summed E-state index contributed by atoms with van der Waals surface area (Å²) in [4.78, 5) is 26.2. The van der Waals surface area contributed by atoms with E-state index in [1.165, 1.54) is 25.7 Å². The Balaban J connectivity index is 1.23. The van der Waals surface area contributed by atoms with E-state index in [2.05, 4.69) is 38.6 Å². The van der Waals surface area contributed by atoms with Gasteiger partial charge < -0.3 is 24.5 Å². The van der Waals surface area contributed by atoms with Gasteiger partial charge in [-0.1, -0.05) is 0 Å². The topological polar surface area (TPSA) is 94.4 Å². The number of rotatable bonds is 6. The molecule has 4 fully saturated rings. The van der Waals surface area contributed by atoms with Crippen molar-refractivity contribution in [2.75, 3.05) is 17.2 Å². The average Bonchev–Trinajstić information content (AvgIpc) is 3.32. The molecule has 220 valence electrons. The van der Waals surface area contributed by atoms with Crippen LogP contribution in [0.2, 0.25) is 0 Å². The monoisotopic (exact) mass is 585 g/mol. The summed E-state index contributed by atoms with van der Waals surface area (Å²) in [7, 11) is 3.71. The molecule has 9 nitrogen and oxygen atoms in total. The first kappa shape index (κ1) is 26.4. The van der Waals surface area contributed by atoms with Gasteiger partial charge in [-0.2, -0.15) is 0 Å². The predicted octanol–water partition coefficient (Wildman–Crippen LogP) is 5.35. The number of anilines is 1. The van der Waals surface area contributed by atoms with E-state index >= 15 is 0 Å². The minimum absolute atomic E-state index is 0.0345. The van der Waals surface area contributed by atoms with Crippen LogP contribution in [0.4, 0.5) is 5.82 Å². The lowest BCUT2D eigenvalue weighted by Crippen LogP contribution is -2.40. The second-order valence-electron chi connectivity index (χ2n) is 12.8. The van der Waals surface area contributed by atoms with Gasteiger partial charge in [0.25, 0.3) is 5.91 Å². The summed E-state index contributed by atoms with van der Waals surface area (Å²) in [5, 5.41) is 1.12. The lowest BCUT2D eigenvalue weighted by atomic mass is 9.97. The summed E-state index contributed by atoms with van der Waals surface area (Å²) in [6.45, 7) is 3.22. The molecule has 1 aromatic carbocycles. The number of aryl methyl sites for hydroxylation is 1. The highest BCUT2D eigenvalue weighted by atomic mass is 32.2. The number of carbonyl (C=O) groups excluding carboxylic acids is 1. The Morgan fingerprint density at radius 2 is 1.98 bits per heavy atom. The molecule has 6 heterocycles. The molecule has 10 heteroatoms. The Morgan fingerprint density at radius 3 is 2.69 bits per heavy atom. The van der Waals surface area contributed by atoms with Gasteiger partial charge in [0, 0.05) is 54.5 Å². The average molecular weight is 586 g/mol. The molecule has 8 rings (SSSR count). The fourth-order valence-electron chi connectivity index (χ4n) is 7.57. The van der Waals surface area contributed by atoms with Crippen molar-refractivity contribution in [3.05, 3.63) is 35.9 Å². The second-order valence-corrected chi connectivity index (χ2v) is 13.8. The minimum atomic E-state index is 0.0345. The van der Waals surface area contributed by atoms with Gasteiger partial charge in [-0.3, -0.25) is 9.10 Å². The van der Waals surface area contributed by atoms with Crippen LogP contribution >= 0.6 is 11.9 Å². The van der Waals surface area contributed by atoms with Crippen LogP contribution in [0.1, 0.15) is 62.2 Å². The highest BCUT2D eigenvalue weighted by Gasteiger charge is 2.47. The Labute approximate surface area is 250 Å². The zero-order valence-electron chi connectivity index (χ0n) is 24.6. The van der Waals surface area contributed by atoms with Crippen LogP contribution in [-0.2, 0) is 13.6 Å². The highest BCUT2D eigenvalue weighted by Crippen LogP contribution is 2.41. The van der Waals surface area contributed by atoms with E-state index in [-0.39, 0.29) is 24.0 Å². The molecule has 1 aliphatic carbocycles. The molecule has 3 saturated heterocycles. The van der Waals surface area contributed by atoms with Crippen LogP contribution in [0, 0.1) is 5.92 Å². The first-order chi connectivity index (χ1) is 20.4. The highest BCUT2D eigenvalue weighted by molar-refractivity contribution is 8.00. The van der Waals surface area contributed by atoms with E-state index in [1.54, 1.807) is 7.11 Å². The molecule has 1 saturated carbocycles. The van der Waals surface area contributed by atoms with Crippen molar-refractivity contribution in [1.29, 1.82) is 0 Å². The maximum atomic E-state index is 13.8. The zero-order valence-corrected chi connectivity index (χ0v) is 25.4. The fraction of sp³-hybridized carbons (Fsp3) is 0.531. The van der Waals surface area contributed by atoms with Gasteiger partial charge in [-0.15, -0.1) is 0 Å². The number of aromatic nitrogens is 4. The number of carbonyl (C=O) groups is 1. The van der Waals surface area contributed by atoms with Crippen molar-refractivity contribution in [1.82, 2.24) is 24.0 Å². The third-order valence-corrected chi connectivity index (χ3v) is 11.2. The van der Waals surface area contributed by atoms with Gasteiger partial charge in [0.05, 0.1) is 18.3 Å². The van der Waals surface area contributed by atoms with Gasteiger partial charge >= 0.3 is 0 Å². The summed E-state index contributed by atoms with van der Waals surface area (Å²) in [6.07, 6.45) is 7.86. The lowest BCUT2D eigenvalue weighted by Gasteiger charge is -2.32. The number of nitrogens with zero attached hydrogens (tertiary/aromatic N) is 6. The van der Waals surface area contributed by atoms with E-state index in [4.69, 9.17) is 20.4 Å². The molecule has 42 heavy (non-hydrogen) atoms. The molecule has 0 spiro atoms. The van der Waals surface area contributed by atoms with Gasteiger partial charge in [-0.25, -0.2) is 9.97 Å². The number of methoxy groups -OCH3 is 1. The van der Waals surface area contributed by atoms with Crippen LogP contribution in [0.15, 0.2) is 30.3 Å². The maximum Gasteiger partial charge on any atom is 0.254 e. The molecule has 1 amide bonds. The SMILES string of the molecule is COc1cc(C(=O)N2[C@H]3CC[C@@H]2[C@H](N)C3)cc2nc(-c3cc4ccc(N5SCCC[C@@H]5C)nc4n3CC3CC3)n(C)c12. The predicted molar refractivity (Wildman–Crippen MR) is 168 cm³/mol. The number of fused-ring (bicyclic) bond motifs is 4. The number of pyridine rings is 1. The smallest absolute Gasteiger partial charge is 0.254 e. The molecule has 3 aliphatic heterocycles. The standard InChI is InChI=1S/C32H39N7O2S/c1-18-5-4-12-42-39(18)28-11-8-20-14-26(37(30(20)35-28)17-19-6-7-19)31-34-24-13-21(15-27(41-3)29(24)36(31)2)32(40)38-22-9-10-25(38)23(33)16-22/h8,11,13-15,18-19,22-23,25H,4-7,9-10,12,16-17,33H2,1-3H3/t18-,22-,23+,25+/m0/s1. The number of amides is 1. The zero-order chi connectivity index (χ0) is 28.7. The quantitative estimate of drug-likeness (QED) is 0.305. The Hall–Kier alpha value is -3.24. The largest absolute Gasteiger partial charge is 0.494 e. The number of hydrogen-bond acceptors (Lipinski definition) is 7. The molecule has 0 radical (unpaired) electrons. The van der Waals surface area contributed by atoms with Gasteiger partial charge in [-0.05, 0) is 100 Å². The summed E-state index contributed by atoms with van der Waals surface area (Å²) in [5.41, 5.74) is 10.7. The van der Waals surface area contributed by atoms with Crippen molar-refractivity contribution in [3.8, 4) is 17.3 Å². The Bertz CT molecular complexity index is 1710. The molecule has 0 unspecified atom stereocenters. The lowest BCUT2D eigenvalue weighted by molar-refractivity contribution is 0.0726. The number of hydrogen-bond donors (Lipinski definition) is 1. The number of nitrogens with two attached hydrogens (primary N) is 1. The second kappa shape index (κ2) is 9.91. The molecular weight excluding hydrogens is 546 g/mol. The van der Waals surface area contributed by atoms with Gasteiger partial charge in [0.15, 0.2) is 5.82 Å². The molecule has 4 aliphatic rings. The van der Waals surface area contributed by atoms with Crippen LogP contribution in [0.3, 0.4) is 0 Å². The van der Waals surface area contributed by atoms with E-state index in [1.807, 2.05) is 36.0 Å². The molecule has 4 atom stereocenters. The van der Waals surface area contributed by atoms with Crippen molar-refractivity contribution >= 4 is 45.7 Å². The fourth-order valence-corrected chi connectivity index (χ4v) is 8.65. The first-order valence-electron chi connectivity index (χ1n) is 15.5. The van der Waals surface area contributed by atoms with Crippen molar-refractivity contribution in [2.45, 2.75) is 82.6 Å². The van der Waals surface area contributed by atoms with Crippen molar-refractivity contribution in [2.24, 2.45) is 18.7 Å². The number of ether oxygens (including phenoxy) is 1. The van der Waals surface area contributed by atoms with Crippen molar-refractivity contribution < 1.29 is 9.53 Å². The van der Waals surface area contributed by atoms with Crippen LogP contribution in [0.25, 0.3) is 33.6 Å². The van der Waals surface area contributed by atoms with Crippen molar-refractivity contribution in [3.63, 3.8) is 0 Å². The molecular formula is C32H39N7O2S. The number of benzene rings is 1. The summed E-state index contributed by atoms with van der Waals surface area (Å²) >= 11 is 1.89. The van der Waals surface area contributed by atoms with Crippen LogP contribution < -0.4 is 14.8 Å². The summed E-state index contributed by atoms with van der Waals surface area (Å²) in [6, 6.07) is 11.3. The molecule has 3 aromatic heterocycles. The third-order valence-electron chi connectivity index (χ3n) is 9.94. The molecule has 4 aromatic rings. The van der Waals surface area contributed by atoms with E-state index < -0.39 is 0 Å². The van der Waals surface area contributed by atoms with Crippen LogP contribution in [-0.4, -0.2) is 66.9 Å². The third kappa shape index (κ3) is 4.12. The van der Waals surface area contributed by atoms with E-state index in [0.717, 1.165) is 71.0 Å². The van der Waals surface area contributed by atoms with E-state index in [9.17, 15) is 4.79 Å². The van der Waals surface area contributed by atoms with Crippen LogP contribution in [0.5, 0.6) is 5.75 Å². The Kier molecular flexibility index (Phi) is 6.23. The van der Waals surface area contributed by atoms with Gasteiger partial charge in [0.2, 0.25) is 0 Å². The minimum Gasteiger partial charge on any atom is -0.494 e.